The van der Waals surface area contributed by atoms with E-state index in [-0.39, 0.29) is 24.0 Å². The fraction of sp³-hybridized carbons (Fsp3) is 0.962. The van der Waals surface area contributed by atoms with Gasteiger partial charge in [0.05, 0.1) is 12.2 Å². The summed E-state index contributed by atoms with van der Waals surface area (Å²) in [6.07, 6.45) is 11.8. The molecule has 4 aliphatic rings. The maximum absolute atomic E-state index is 11.6. The third-order valence-electron chi connectivity index (χ3n) is 10.8. The molecule has 0 saturated heterocycles. The van der Waals surface area contributed by atoms with Gasteiger partial charge in [-0.15, -0.1) is 0 Å². The van der Waals surface area contributed by atoms with Crippen molar-refractivity contribution in [2.24, 2.45) is 46.3 Å². The number of hydrogen-bond donors (Lipinski definition) is 3. The van der Waals surface area contributed by atoms with Crippen LogP contribution in [0.3, 0.4) is 0 Å². The van der Waals surface area contributed by atoms with E-state index in [4.69, 9.17) is 5.11 Å². The number of carboxylic acid groups (broad SMARTS) is 1. The molecule has 3 N–H and O–H groups in total. The summed E-state index contributed by atoms with van der Waals surface area (Å²) in [5.41, 5.74) is 0.315. The summed E-state index contributed by atoms with van der Waals surface area (Å²) in [6.45, 7) is 7.22. The molecule has 0 aliphatic heterocycles. The van der Waals surface area contributed by atoms with E-state index in [1.165, 1.54) is 25.7 Å². The lowest BCUT2D eigenvalue weighted by atomic mass is 9.43. The van der Waals surface area contributed by atoms with Crippen molar-refractivity contribution < 1.29 is 20.1 Å². The fourth-order valence-electron chi connectivity index (χ4n) is 9.10. The lowest BCUT2D eigenvalue weighted by Gasteiger charge is -2.62. The molecule has 4 fully saturated rings. The Hall–Kier alpha value is -0.610. The van der Waals surface area contributed by atoms with Crippen molar-refractivity contribution in [3.05, 3.63) is 0 Å². The molecule has 0 aromatic heterocycles. The predicted molar refractivity (Wildman–Crippen MR) is 118 cm³/mol. The smallest absolute Gasteiger partial charge is 0.303 e. The highest BCUT2D eigenvalue weighted by molar-refractivity contribution is 5.66. The second-order valence-corrected chi connectivity index (χ2v) is 12.0. The quantitative estimate of drug-likeness (QED) is 0.512. The van der Waals surface area contributed by atoms with Crippen LogP contribution in [-0.2, 0) is 4.79 Å². The zero-order chi connectivity index (χ0) is 21.7. The topological polar surface area (TPSA) is 77.8 Å². The Labute approximate surface area is 182 Å². The van der Waals surface area contributed by atoms with E-state index < -0.39 is 5.97 Å². The molecule has 0 spiro atoms. The molecular weight excluding hydrogens is 376 g/mol. The first-order valence-electron chi connectivity index (χ1n) is 12.8. The number of aliphatic hydroxyl groups excluding tert-OH is 2. The molecule has 10 atom stereocenters. The molecule has 0 aromatic rings. The molecule has 0 amide bonds. The number of hydrogen-bond acceptors (Lipinski definition) is 3. The van der Waals surface area contributed by atoms with Gasteiger partial charge in [-0.2, -0.15) is 0 Å². The SMILES string of the molecule is CC(CCCCC(=O)O)[C@H]1CC[C@H]2[C@@H]3CC[C@@H]4C[C@H](O)CC[C@]4(C)[C@H]3C[C@H](O)[C@]12C. The van der Waals surface area contributed by atoms with E-state index in [2.05, 4.69) is 20.8 Å². The molecule has 0 radical (unpaired) electrons. The molecule has 4 heteroatoms. The van der Waals surface area contributed by atoms with E-state index in [1.807, 2.05) is 0 Å². The van der Waals surface area contributed by atoms with E-state index in [0.717, 1.165) is 50.9 Å². The second-order valence-electron chi connectivity index (χ2n) is 12.0. The van der Waals surface area contributed by atoms with Crippen molar-refractivity contribution >= 4 is 5.97 Å². The number of unbranched alkanes of at least 4 members (excludes halogenated alkanes) is 1. The molecule has 0 aromatic carbocycles. The highest BCUT2D eigenvalue weighted by atomic mass is 16.4. The van der Waals surface area contributed by atoms with Crippen molar-refractivity contribution in [1.82, 2.24) is 0 Å². The molecule has 0 heterocycles. The van der Waals surface area contributed by atoms with Crippen molar-refractivity contribution in [2.75, 3.05) is 0 Å². The van der Waals surface area contributed by atoms with Gasteiger partial charge < -0.3 is 15.3 Å². The Bertz CT molecular complexity index is 635. The monoisotopic (exact) mass is 420 g/mol. The first kappa shape index (κ1) is 22.6. The van der Waals surface area contributed by atoms with Crippen LogP contribution in [0, 0.1) is 46.3 Å². The van der Waals surface area contributed by atoms with Gasteiger partial charge in [-0.1, -0.05) is 33.6 Å². The predicted octanol–water partition coefficient (Wildman–Crippen LogP) is 5.26. The first-order valence-corrected chi connectivity index (χ1v) is 12.8. The van der Waals surface area contributed by atoms with Gasteiger partial charge in [-0.25, -0.2) is 0 Å². The van der Waals surface area contributed by atoms with Crippen LogP contribution in [0.25, 0.3) is 0 Å². The maximum Gasteiger partial charge on any atom is 0.303 e. The number of carbonyl (C=O) groups is 1. The lowest BCUT2D eigenvalue weighted by Crippen LogP contribution is -2.58. The fourth-order valence-corrected chi connectivity index (χ4v) is 9.10. The largest absolute Gasteiger partial charge is 0.481 e. The normalized spacial score (nSPS) is 49.0. The molecule has 0 bridgehead atoms. The van der Waals surface area contributed by atoms with Crippen molar-refractivity contribution in [3.8, 4) is 0 Å². The molecular formula is C26H44O4. The Morgan fingerprint density at radius 3 is 2.50 bits per heavy atom. The zero-order valence-corrected chi connectivity index (χ0v) is 19.4. The van der Waals surface area contributed by atoms with Gasteiger partial charge in [0, 0.05) is 6.42 Å². The molecule has 4 nitrogen and oxygen atoms in total. The summed E-state index contributed by atoms with van der Waals surface area (Å²) in [5, 5.41) is 30.7. The average Bonchev–Trinajstić information content (AvgIpc) is 3.05. The van der Waals surface area contributed by atoms with Crippen LogP contribution in [0.2, 0.25) is 0 Å². The van der Waals surface area contributed by atoms with Crippen molar-refractivity contribution in [1.29, 1.82) is 0 Å². The minimum absolute atomic E-state index is 0.0186. The van der Waals surface area contributed by atoms with Crippen molar-refractivity contribution in [2.45, 2.75) is 110 Å². The molecule has 4 rings (SSSR count). The Morgan fingerprint density at radius 1 is 1.00 bits per heavy atom. The summed E-state index contributed by atoms with van der Waals surface area (Å²) in [5.74, 6) is 3.02. The lowest BCUT2D eigenvalue weighted by molar-refractivity contribution is -0.174. The van der Waals surface area contributed by atoms with E-state index >= 15 is 0 Å². The molecule has 30 heavy (non-hydrogen) atoms. The minimum Gasteiger partial charge on any atom is -0.481 e. The van der Waals surface area contributed by atoms with Crippen LogP contribution in [-0.4, -0.2) is 33.5 Å². The highest BCUT2D eigenvalue weighted by Crippen LogP contribution is 2.68. The maximum atomic E-state index is 11.6. The summed E-state index contributed by atoms with van der Waals surface area (Å²) in [7, 11) is 0. The number of aliphatic hydroxyl groups is 2. The van der Waals surface area contributed by atoms with Gasteiger partial charge >= 0.3 is 5.97 Å². The van der Waals surface area contributed by atoms with Crippen LogP contribution in [0.5, 0.6) is 0 Å². The second kappa shape index (κ2) is 8.39. The molecule has 4 aliphatic carbocycles. The standard InChI is InChI=1S/C26H44O4/c1-16(6-4-5-7-24(29)30)20-10-11-21-19-9-8-17-14-18(27)12-13-25(17,2)22(19)15-23(28)26(20,21)3/h16-23,27-28H,4-15H2,1-3H3,(H,29,30)/t16?,17-,18-,19+,20-,21+,22+,23+,25+,26-/m1/s1. The first-order chi connectivity index (χ1) is 14.2. The van der Waals surface area contributed by atoms with E-state index in [9.17, 15) is 15.0 Å². The highest BCUT2D eigenvalue weighted by Gasteiger charge is 2.63. The van der Waals surface area contributed by atoms with Gasteiger partial charge in [0.2, 0.25) is 0 Å². The third kappa shape index (κ3) is 3.64. The van der Waals surface area contributed by atoms with Gasteiger partial charge in [0.25, 0.3) is 0 Å². The van der Waals surface area contributed by atoms with Crippen LogP contribution in [0.4, 0.5) is 0 Å². The number of aliphatic carboxylic acids is 1. The van der Waals surface area contributed by atoms with Crippen LogP contribution < -0.4 is 0 Å². The van der Waals surface area contributed by atoms with E-state index in [1.54, 1.807) is 0 Å². The van der Waals surface area contributed by atoms with Gasteiger partial charge in [-0.3, -0.25) is 4.79 Å². The summed E-state index contributed by atoms with van der Waals surface area (Å²) in [4.78, 5) is 10.8. The number of carboxylic acids is 1. The number of fused-ring (bicyclic) bond motifs is 5. The summed E-state index contributed by atoms with van der Waals surface area (Å²) >= 11 is 0. The Kier molecular flexibility index (Phi) is 6.31. The van der Waals surface area contributed by atoms with Crippen LogP contribution in [0.15, 0.2) is 0 Å². The average molecular weight is 421 g/mol. The van der Waals surface area contributed by atoms with E-state index in [0.29, 0.717) is 35.0 Å². The van der Waals surface area contributed by atoms with Gasteiger partial charge in [-0.05, 0) is 104 Å². The van der Waals surface area contributed by atoms with Crippen molar-refractivity contribution in [3.63, 3.8) is 0 Å². The van der Waals surface area contributed by atoms with Gasteiger partial charge in [0.1, 0.15) is 0 Å². The minimum atomic E-state index is -0.691. The Balaban J connectivity index is 1.48. The van der Waals surface area contributed by atoms with Gasteiger partial charge in [0.15, 0.2) is 0 Å². The van der Waals surface area contributed by atoms with Crippen LogP contribution >= 0.6 is 0 Å². The third-order valence-corrected chi connectivity index (χ3v) is 10.8. The molecule has 4 saturated carbocycles. The van der Waals surface area contributed by atoms with Crippen LogP contribution in [0.1, 0.15) is 97.8 Å². The summed E-state index contributed by atoms with van der Waals surface area (Å²) < 4.78 is 0. The molecule has 1 unspecified atom stereocenters. The molecule has 172 valence electrons. The zero-order valence-electron chi connectivity index (χ0n) is 19.4. The summed E-state index contributed by atoms with van der Waals surface area (Å²) in [6, 6.07) is 0. The Morgan fingerprint density at radius 2 is 1.77 bits per heavy atom. The number of rotatable bonds is 6.